The molecule has 22 heavy (non-hydrogen) atoms. The number of ether oxygens (including phenoxy) is 1. The first-order valence-electron chi connectivity index (χ1n) is 6.79. The molecule has 0 unspecified atom stereocenters. The summed E-state index contributed by atoms with van der Waals surface area (Å²) in [5.74, 6) is 0.571. The number of carbonyl (C=O) groups is 1. The van der Waals surface area contributed by atoms with Crippen LogP contribution >= 0.6 is 0 Å². The molecule has 114 valence electrons. The summed E-state index contributed by atoms with van der Waals surface area (Å²) in [5.41, 5.74) is 5.27. The quantitative estimate of drug-likeness (QED) is 0.673. The van der Waals surface area contributed by atoms with Crippen molar-refractivity contribution < 1.29 is 14.6 Å². The minimum Gasteiger partial charge on any atom is -0.507 e. The van der Waals surface area contributed by atoms with Crippen LogP contribution < -0.4 is 10.2 Å². The van der Waals surface area contributed by atoms with Gasteiger partial charge in [0.05, 0.1) is 13.3 Å². The molecule has 0 atom stereocenters. The fourth-order valence-electron chi connectivity index (χ4n) is 2.06. The van der Waals surface area contributed by atoms with E-state index >= 15 is 0 Å². The van der Waals surface area contributed by atoms with Crippen molar-refractivity contribution >= 4 is 12.1 Å². The Balaban J connectivity index is 2.07. The van der Waals surface area contributed by atoms with E-state index in [4.69, 9.17) is 4.74 Å². The maximum atomic E-state index is 12.0. The predicted molar refractivity (Wildman–Crippen MR) is 85.6 cm³/mol. The Morgan fingerprint density at radius 2 is 1.91 bits per heavy atom. The molecule has 0 heterocycles. The average Bonchev–Trinajstić information content (AvgIpc) is 2.52. The Bertz CT molecular complexity index is 701. The number of aromatic hydroxyl groups is 1. The standard InChI is InChI=1S/C17H18N2O3/c1-11-7-13(8-12(2)16(11)20)10-18-19-17(21)14-5-4-6-15(9-14)22-3/h4-10,20H,1-3H3,(H,19,21). The molecule has 0 aromatic heterocycles. The van der Waals surface area contributed by atoms with Crippen molar-refractivity contribution in [3.05, 3.63) is 58.7 Å². The third-order valence-electron chi connectivity index (χ3n) is 3.23. The van der Waals surface area contributed by atoms with Crippen LogP contribution in [0, 0.1) is 13.8 Å². The Morgan fingerprint density at radius 1 is 1.23 bits per heavy atom. The van der Waals surface area contributed by atoms with Crippen molar-refractivity contribution in [2.24, 2.45) is 5.10 Å². The monoisotopic (exact) mass is 298 g/mol. The highest BCUT2D eigenvalue weighted by atomic mass is 16.5. The van der Waals surface area contributed by atoms with Crippen molar-refractivity contribution in [3.8, 4) is 11.5 Å². The van der Waals surface area contributed by atoms with E-state index in [1.54, 1.807) is 43.5 Å². The number of amides is 1. The summed E-state index contributed by atoms with van der Waals surface area (Å²) in [6.07, 6.45) is 1.54. The molecule has 0 bridgehead atoms. The number of nitrogens with one attached hydrogen (secondary N) is 1. The molecule has 0 saturated heterocycles. The topological polar surface area (TPSA) is 70.9 Å². The van der Waals surface area contributed by atoms with Crippen LogP contribution in [0.2, 0.25) is 0 Å². The van der Waals surface area contributed by atoms with E-state index in [1.165, 1.54) is 6.21 Å². The van der Waals surface area contributed by atoms with Gasteiger partial charge in [-0.2, -0.15) is 5.10 Å². The van der Waals surface area contributed by atoms with Crippen LogP contribution in [0.15, 0.2) is 41.5 Å². The Morgan fingerprint density at radius 3 is 2.55 bits per heavy atom. The maximum Gasteiger partial charge on any atom is 0.271 e. The van der Waals surface area contributed by atoms with Crippen molar-refractivity contribution in [2.75, 3.05) is 7.11 Å². The number of phenols is 1. The summed E-state index contributed by atoms with van der Waals surface area (Å²) in [7, 11) is 1.55. The molecule has 1 amide bonds. The van der Waals surface area contributed by atoms with E-state index in [0.29, 0.717) is 11.3 Å². The Labute approximate surface area is 129 Å². The second-order valence-electron chi connectivity index (χ2n) is 4.93. The number of nitrogens with zero attached hydrogens (tertiary/aromatic N) is 1. The van der Waals surface area contributed by atoms with Gasteiger partial charge in [-0.15, -0.1) is 0 Å². The third kappa shape index (κ3) is 3.63. The molecule has 2 rings (SSSR count). The smallest absolute Gasteiger partial charge is 0.271 e. The number of phenolic OH excluding ortho intramolecular Hbond substituents is 1. The number of carbonyl (C=O) groups excluding carboxylic acids is 1. The van der Waals surface area contributed by atoms with Gasteiger partial charge in [-0.25, -0.2) is 5.43 Å². The highest BCUT2D eigenvalue weighted by Crippen LogP contribution is 2.22. The number of hydrazone groups is 1. The minimum absolute atomic E-state index is 0.276. The molecule has 0 radical (unpaired) electrons. The van der Waals surface area contributed by atoms with Gasteiger partial charge >= 0.3 is 0 Å². The van der Waals surface area contributed by atoms with E-state index in [9.17, 15) is 9.90 Å². The van der Waals surface area contributed by atoms with Crippen LogP contribution in [0.4, 0.5) is 0 Å². The number of hydrogen-bond donors (Lipinski definition) is 2. The first kappa shape index (κ1) is 15.6. The zero-order chi connectivity index (χ0) is 16.1. The van der Waals surface area contributed by atoms with Crippen molar-refractivity contribution in [1.29, 1.82) is 0 Å². The predicted octanol–water partition coefficient (Wildman–Crippen LogP) is 2.78. The summed E-state index contributed by atoms with van der Waals surface area (Å²) in [6, 6.07) is 10.4. The molecule has 2 N–H and O–H groups in total. The lowest BCUT2D eigenvalue weighted by Crippen LogP contribution is -2.17. The zero-order valence-corrected chi connectivity index (χ0v) is 12.8. The van der Waals surface area contributed by atoms with Crippen LogP contribution in [0.5, 0.6) is 11.5 Å². The molecule has 0 aliphatic rings. The number of aryl methyl sites for hydroxylation is 2. The Hall–Kier alpha value is -2.82. The fourth-order valence-corrected chi connectivity index (χ4v) is 2.06. The molecule has 0 spiro atoms. The van der Waals surface area contributed by atoms with Gasteiger partial charge in [0.25, 0.3) is 5.91 Å². The van der Waals surface area contributed by atoms with Crippen molar-refractivity contribution in [1.82, 2.24) is 5.43 Å². The van der Waals surface area contributed by atoms with E-state index in [2.05, 4.69) is 10.5 Å². The van der Waals surface area contributed by atoms with Crippen molar-refractivity contribution in [3.63, 3.8) is 0 Å². The van der Waals surface area contributed by atoms with E-state index in [-0.39, 0.29) is 11.7 Å². The number of hydrogen-bond acceptors (Lipinski definition) is 4. The summed E-state index contributed by atoms with van der Waals surface area (Å²) >= 11 is 0. The lowest BCUT2D eigenvalue weighted by atomic mass is 10.1. The average molecular weight is 298 g/mol. The van der Waals surface area contributed by atoms with Gasteiger partial charge in [-0.05, 0) is 60.9 Å². The van der Waals surface area contributed by atoms with Gasteiger partial charge in [-0.3, -0.25) is 4.79 Å². The van der Waals surface area contributed by atoms with Crippen LogP contribution in [0.25, 0.3) is 0 Å². The number of benzene rings is 2. The van der Waals surface area contributed by atoms with Crippen molar-refractivity contribution in [2.45, 2.75) is 13.8 Å². The van der Waals surface area contributed by atoms with E-state index < -0.39 is 0 Å². The zero-order valence-electron chi connectivity index (χ0n) is 12.8. The normalized spacial score (nSPS) is 10.7. The lowest BCUT2D eigenvalue weighted by Gasteiger charge is -2.05. The largest absolute Gasteiger partial charge is 0.507 e. The van der Waals surface area contributed by atoms with Gasteiger partial charge in [0, 0.05) is 5.56 Å². The highest BCUT2D eigenvalue weighted by molar-refractivity contribution is 5.95. The van der Waals surface area contributed by atoms with Crippen LogP contribution in [0.3, 0.4) is 0 Å². The fraction of sp³-hybridized carbons (Fsp3) is 0.176. The summed E-state index contributed by atoms with van der Waals surface area (Å²) in [4.78, 5) is 12.0. The molecular formula is C17H18N2O3. The summed E-state index contributed by atoms with van der Waals surface area (Å²) in [5, 5.41) is 13.7. The lowest BCUT2D eigenvalue weighted by molar-refractivity contribution is 0.0955. The molecule has 0 saturated carbocycles. The Kier molecular flexibility index (Phi) is 4.78. The van der Waals surface area contributed by atoms with E-state index in [1.807, 2.05) is 13.8 Å². The highest BCUT2D eigenvalue weighted by Gasteiger charge is 2.05. The third-order valence-corrected chi connectivity index (χ3v) is 3.23. The molecule has 0 fully saturated rings. The molecule has 5 nitrogen and oxygen atoms in total. The number of methoxy groups -OCH3 is 1. The molecule has 2 aromatic carbocycles. The molecule has 0 aliphatic heterocycles. The van der Waals surface area contributed by atoms with Gasteiger partial charge in [0.15, 0.2) is 0 Å². The minimum atomic E-state index is -0.317. The number of rotatable bonds is 4. The maximum absolute atomic E-state index is 12.0. The van der Waals surface area contributed by atoms with Crippen LogP contribution in [0.1, 0.15) is 27.0 Å². The van der Waals surface area contributed by atoms with Gasteiger partial charge in [0.2, 0.25) is 0 Å². The second kappa shape index (κ2) is 6.76. The van der Waals surface area contributed by atoms with Crippen LogP contribution in [-0.4, -0.2) is 24.3 Å². The first-order valence-corrected chi connectivity index (χ1v) is 6.79. The van der Waals surface area contributed by atoms with Crippen LogP contribution in [-0.2, 0) is 0 Å². The summed E-state index contributed by atoms with van der Waals surface area (Å²) < 4.78 is 5.07. The van der Waals surface area contributed by atoms with E-state index in [0.717, 1.165) is 16.7 Å². The SMILES string of the molecule is COc1cccc(C(=O)NN=Cc2cc(C)c(O)c(C)c2)c1. The molecule has 2 aromatic rings. The summed E-state index contributed by atoms with van der Waals surface area (Å²) in [6.45, 7) is 3.63. The van der Waals surface area contributed by atoms with Gasteiger partial charge in [0.1, 0.15) is 11.5 Å². The first-order chi connectivity index (χ1) is 10.5. The second-order valence-corrected chi connectivity index (χ2v) is 4.93. The van der Waals surface area contributed by atoms with Gasteiger partial charge in [-0.1, -0.05) is 6.07 Å². The molecule has 5 heteroatoms. The molecule has 0 aliphatic carbocycles. The molecular weight excluding hydrogens is 280 g/mol. The van der Waals surface area contributed by atoms with Gasteiger partial charge < -0.3 is 9.84 Å².